The number of hydrogen-bond donors (Lipinski definition) is 1. The molecule has 32 heavy (non-hydrogen) atoms. The Hall–Kier alpha value is -3.94. The van der Waals surface area contributed by atoms with Crippen molar-refractivity contribution in [3.8, 4) is 5.69 Å². The van der Waals surface area contributed by atoms with E-state index in [2.05, 4.69) is 15.3 Å². The van der Waals surface area contributed by atoms with Gasteiger partial charge in [0.15, 0.2) is 11.6 Å². The fourth-order valence-electron chi connectivity index (χ4n) is 3.93. The van der Waals surface area contributed by atoms with Crippen molar-refractivity contribution >= 4 is 34.5 Å². The molecule has 0 aliphatic carbocycles. The maximum Gasteiger partial charge on any atom is 0.343 e. The molecule has 0 spiro atoms. The maximum absolute atomic E-state index is 12.7. The number of nitrogens with one attached hydrogen (secondary N) is 1. The number of esters is 1. The Morgan fingerprint density at radius 1 is 1.00 bits per heavy atom. The Kier molecular flexibility index (Phi) is 5.41. The molecule has 1 aliphatic rings. The predicted molar refractivity (Wildman–Crippen MR) is 124 cm³/mol. The van der Waals surface area contributed by atoms with Gasteiger partial charge in [0, 0.05) is 13.1 Å². The van der Waals surface area contributed by atoms with Crippen molar-refractivity contribution in [3.05, 3.63) is 66.4 Å². The zero-order valence-corrected chi connectivity index (χ0v) is 17.9. The minimum Gasteiger partial charge on any atom is -0.462 e. The van der Waals surface area contributed by atoms with Crippen molar-refractivity contribution in [1.29, 1.82) is 0 Å². The van der Waals surface area contributed by atoms with Gasteiger partial charge in [0.2, 0.25) is 0 Å². The van der Waals surface area contributed by atoms with Gasteiger partial charge in [-0.15, -0.1) is 0 Å². The predicted octanol–water partition coefficient (Wildman–Crippen LogP) is 4.34. The average Bonchev–Trinajstić information content (AvgIpc) is 3.50. The van der Waals surface area contributed by atoms with Gasteiger partial charge in [-0.2, -0.15) is 5.10 Å². The zero-order valence-electron chi connectivity index (χ0n) is 17.9. The number of fused-ring (bicyclic) bond motifs is 1. The van der Waals surface area contributed by atoms with Crippen molar-refractivity contribution in [2.24, 2.45) is 0 Å². The summed E-state index contributed by atoms with van der Waals surface area (Å²) in [6.45, 7) is 3.91. The third kappa shape index (κ3) is 3.75. The number of hydrogen-bond acceptors (Lipinski definition) is 7. The molecule has 1 aliphatic heterocycles. The van der Waals surface area contributed by atoms with Crippen LogP contribution in [0, 0.1) is 0 Å². The highest BCUT2D eigenvalue weighted by molar-refractivity contribution is 5.96. The monoisotopic (exact) mass is 428 g/mol. The van der Waals surface area contributed by atoms with Gasteiger partial charge in [0.1, 0.15) is 11.4 Å². The smallest absolute Gasteiger partial charge is 0.343 e. The van der Waals surface area contributed by atoms with Crippen LogP contribution in [0.3, 0.4) is 0 Å². The van der Waals surface area contributed by atoms with Gasteiger partial charge in [0.05, 0.1) is 29.5 Å². The molecule has 1 N–H and O–H groups in total. The molecule has 0 saturated carbocycles. The zero-order chi connectivity index (χ0) is 21.9. The number of carbonyl (C=O) groups excluding carboxylic acids is 1. The Labute approximate surface area is 185 Å². The number of aromatic nitrogens is 4. The lowest BCUT2D eigenvalue weighted by atomic mass is 10.3. The molecule has 4 aromatic rings. The second kappa shape index (κ2) is 8.66. The summed E-state index contributed by atoms with van der Waals surface area (Å²) in [6, 6.07) is 17.4. The van der Waals surface area contributed by atoms with Crippen molar-refractivity contribution < 1.29 is 9.53 Å². The van der Waals surface area contributed by atoms with E-state index in [0.29, 0.717) is 17.2 Å². The molecule has 8 nitrogen and oxygen atoms in total. The molecule has 1 saturated heterocycles. The van der Waals surface area contributed by atoms with E-state index in [4.69, 9.17) is 14.7 Å². The molecule has 3 heterocycles. The van der Waals surface area contributed by atoms with Crippen molar-refractivity contribution in [3.63, 3.8) is 0 Å². The number of benzene rings is 2. The van der Waals surface area contributed by atoms with Crippen LogP contribution in [0.2, 0.25) is 0 Å². The highest BCUT2D eigenvalue weighted by Gasteiger charge is 2.24. The SMILES string of the molecule is CCOC(=O)c1cnn(-c2ccccc2)c1Nc1nc2ccccc2nc1N1CCCC1. The first-order chi connectivity index (χ1) is 15.7. The van der Waals surface area contributed by atoms with E-state index >= 15 is 0 Å². The fourth-order valence-corrected chi connectivity index (χ4v) is 3.93. The summed E-state index contributed by atoms with van der Waals surface area (Å²) in [5.74, 6) is 1.43. The van der Waals surface area contributed by atoms with Crippen LogP contribution in [0.4, 0.5) is 17.5 Å². The molecule has 5 rings (SSSR count). The van der Waals surface area contributed by atoms with Crippen LogP contribution >= 0.6 is 0 Å². The van der Waals surface area contributed by atoms with Crippen LogP contribution in [0.25, 0.3) is 16.7 Å². The first kappa shape index (κ1) is 20.0. The van der Waals surface area contributed by atoms with Gasteiger partial charge in [-0.1, -0.05) is 30.3 Å². The number of anilines is 3. The summed E-state index contributed by atoms with van der Waals surface area (Å²) in [5, 5.41) is 7.85. The van der Waals surface area contributed by atoms with E-state index in [1.807, 2.05) is 54.6 Å². The number of ether oxygens (including phenoxy) is 1. The Morgan fingerprint density at radius 3 is 2.41 bits per heavy atom. The van der Waals surface area contributed by atoms with Gasteiger partial charge < -0.3 is 15.0 Å². The molecule has 2 aromatic carbocycles. The minimum absolute atomic E-state index is 0.281. The Morgan fingerprint density at radius 2 is 1.69 bits per heavy atom. The normalized spacial score (nSPS) is 13.5. The molecular weight excluding hydrogens is 404 g/mol. The lowest BCUT2D eigenvalue weighted by molar-refractivity contribution is 0.0527. The summed E-state index contributed by atoms with van der Waals surface area (Å²) < 4.78 is 6.97. The molecule has 8 heteroatoms. The number of para-hydroxylation sites is 3. The topological polar surface area (TPSA) is 85.2 Å². The molecule has 0 amide bonds. The highest BCUT2D eigenvalue weighted by atomic mass is 16.5. The van der Waals surface area contributed by atoms with E-state index in [9.17, 15) is 4.79 Å². The third-order valence-electron chi connectivity index (χ3n) is 5.46. The second-order valence-corrected chi connectivity index (χ2v) is 7.58. The third-order valence-corrected chi connectivity index (χ3v) is 5.46. The molecular formula is C24H24N6O2. The molecule has 0 bridgehead atoms. The molecule has 2 aromatic heterocycles. The van der Waals surface area contributed by atoms with E-state index in [0.717, 1.165) is 48.5 Å². The fraction of sp³-hybridized carbons (Fsp3) is 0.250. The first-order valence-corrected chi connectivity index (χ1v) is 10.8. The molecule has 0 atom stereocenters. The summed E-state index contributed by atoms with van der Waals surface area (Å²) >= 11 is 0. The van der Waals surface area contributed by atoms with Crippen LogP contribution in [0.5, 0.6) is 0 Å². The van der Waals surface area contributed by atoms with Crippen LogP contribution in [0.1, 0.15) is 30.1 Å². The van der Waals surface area contributed by atoms with Gasteiger partial charge in [0.25, 0.3) is 0 Å². The van der Waals surface area contributed by atoms with Gasteiger partial charge in [-0.3, -0.25) is 0 Å². The second-order valence-electron chi connectivity index (χ2n) is 7.58. The molecule has 1 fully saturated rings. The van der Waals surface area contributed by atoms with Gasteiger partial charge in [-0.05, 0) is 44.0 Å². The van der Waals surface area contributed by atoms with E-state index in [1.165, 1.54) is 6.20 Å². The lowest BCUT2D eigenvalue weighted by Gasteiger charge is -2.21. The quantitative estimate of drug-likeness (QED) is 0.457. The van der Waals surface area contributed by atoms with E-state index in [-0.39, 0.29) is 6.61 Å². The van der Waals surface area contributed by atoms with Gasteiger partial charge in [-0.25, -0.2) is 19.4 Å². The van der Waals surface area contributed by atoms with Crippen molar-refractivity contribution in [2.75, 3.05) is 29.9 Å². The lowest BCUT2D eigenvalue weighted by Crippen LogP contribution is -2.21. The van der Waals surface area contributed by atoms with Gasteiger partial charge >= 0.3 is 5.97 Å². The highest BCUT2D eigenvalue weighted by Crippen LogP contribution is 2.32. The number of rotatable bonds is 6. The molecule has 0 radical (unpaired) electrons. The number of nitrogens with zero attached hydrogens (tertiary/aromatic N) is 5. The summed E-state index contributed by atoms with van der Waals surface area (Å²) in [6.07, 6.45) is 3.76. The molecule has 0 unspecified atom stereocenters. The average molecular weight is 428 g/mol. The van der Waals surface area contributed by atoms with E-state index in [1.54, 1.807) is 11.6 Å². The standard InChI is InChI=1S/C24H24N6O2/c1-2-32-24(31)18-16-25-30(17-10-4-3-5-11-17)22(18)28-21-23(29-14-8-9-15-29)27-20-13-7-6-12-19(20)26-21/h3-7,10-13,16H,2,8-9,14-15H2,1H3,(H,26,28). The minimum atomic E-state index is -0.436. The largest absolute Gasteiger partial charge is 0.462 e. The van der Waals surface area contributed by atoms with Crippen molar-refractivity contribution in [1.82, 2.24) is 19.7 Å². The number of carbonyl (C=O) groups is 1. The Balaban J connectivity index is 1.65. The molecule has 162 valence electrons. The Bertz CT molecular complexity index is 1250. The van der Waals surface area contributed by atoms with Crippen molar-refractivity contribution in [2.45, 2.75) is 19.8 Å². The van der Waals surface area contributed by atoms with E-state index < -0.39 is 5.97 Å². The van der Waals surface area contributed by atoms with Crippen LogP contribution < -0.4 is 10.2 Å². The van der Waals surface area contributed by atoms with Crippen LogP contribution in [-0.4, -0.2) is 45.4 Å². The maximum atomic E-state index is 12.7. The first-order valence-electron chi connectivity index (χ1n) is 10.8. The summed E-state index contributed by atoms with van der Waals surface area (Å²) in [7, 11) is 0. The van der Waals surface area contributed by atoms with Crippen LogP contribution in [0.15, 0.2) is 60.8 Å². The summed E-state index contributed by atoms with van der Waals surface area (Å²) in [4.78, 5) is 24.7. The summed E-state index contributed by atoms with van der Waals surface area (Å²) in [5.41, 5.74) is 2.78. The van der Waals surface area contributed by atoms with Crippen LogP contribution in [-0.2, 0) is 4.74 Å².